The lowest BCUT2D eigenvalue weighted by molar-refractivity contribution is -0.140. The van der Waals surface area contributed by atoms with Gasteiger partial charge in [-0.2, -0.15) is 0 Å². The van der Waals surface area contributed by atoms with Crippen molar-refractivity contribution in [3.63, 3.8) is 0 Å². The van der Waals surface area contributed by atoms with E-state index in [1.807, 2.05) is 4.90 Å². The molecule has 0 aromatic heterocycles. The summed E-state index contributed by atoms with van der Waals surface area (Å²) in [5.41, 5.74) is 0. The van der Waals surface area contributed by atoms with Gasteiger partial charge < -0.3 is 19.7 Å². The van der Waals surface area contributed by atoms with Crippen LogP contribution in [0.2, 0.25) is 0 Å². The fraction of sp³-hybridized carbons (Fsp3) is 0.692. The minimum atomic E-state index is -0.618. The van der Waals surface area contributed by atoms with Crippen molar-refractivity contribution in [3.05, 3.63) is 12.2 Å². The summed E-state index contributed by atoms with van der Waals surface area (Å²) in [6, 6.07) is -0.108. The van der Waals surface area contributed by atoms with Gasteiger partial charge in [0.15, 0.2) is 0 Å². The number of hydrogen-bond donors (Lipinski definition) is 2. The molecular weight excluding hydrogens is 266 g/mol. The molecule has 1 saturated heterocycles. The Labute approximate surface area is 117 Å². The summed E-state index contributed by atoms with van der Waals surface area (Å²) in [5.74, 6) is -1.24. The van der Waals surface area contributed by atoms with Crippen LogP contribution < -0.4 is 0 Å². The van der Waals surface area contributed by atoms with E-state index in [0.29, 0.717) is 25.9 Å². The molecule has 0 amide bonds. The highest BCUT2D eigenvalue weighted by atomic mass is 16.5. The van der Waals surface area contributed by atoms with E-state index in [-0.39, 0.29) is 25.4 Å². The number of nitrogens with zero attached hydrogens (tertiary/aromatic N) is 1. The minimum Gasteiger partial charge on any atom is -0.466 e. The summed E-state index contributed by atoms with van der Waals surface area (Å²) < 4.78 is 9.29. The summed E-state index contributed by atoms with van der Waals surface area (Å²) in [4.78, 5) is 24.0. The molecule has 0 bridgehead atoms. The Morgan fingerprint density at radius 1 is 1.35 bits per heavy atom. The topological polar surface area (TPSA) is 96.3 Å². The largest absolute Gasteiger partial charge is 0.466 e. The van der Waals surface area contributed by atoms with Gasteiger partial charge in [-0.1, -0.05) is 0 Å². The van der Waals surface area contributed by atoms with Crippen molar-refractivity contribution in [2.24, 2.45) is 0 Å². The van der Waals surface area contributed by atoms with Crippen molar-refractivity contribution >= 4 is 11.9 Å². The number of hydrogen-bond acceptors (Lipinski definition) is 7. The summed E-state index contributed by atoms with van der Waals surface area (Å²) in [5, 5.41) is 18.7. The number of piperidine rings is 1. The summed E-state index contributed by atoms with van der Waals surface area (Å²) in [6.07, 6.45) is 2.79. The zero-order chi connectivity index (χ0) is 15.0. The van der Waals surface area contributed by atoms with Crippen molar-refractivity contribution in [3.8, 4) is 0 Å². The number of likely N-dealkylation sites (tertiary alicyclic amines) is 1. The first kappa shape index (κ1) is 16.6. The number of methoxy groups -OCH3 is 1. The summed E-state index contributed by atoms with van der Waals surface area (Å²) >= 11 is 0. The second-order valence-corrected chi connectivity index (χ2v) is 4.57. The van der Waals surface area contributed by atoms with Crippen LogP contribution in [-0.4, -0.2) is 72.6 Å². The highest BCUT2D eigenvalue weighted by Gasteiger charge is 2.26. The minimum absolute atomic E-state index is 0.0345. The molecule has 7 heteroatoms. The second kappa shape index (κ2) is 8.68. The van der Waals surface area contributed by atoms with Crippen LogP contribution >= 0.6 is 0 Å². The monoisotopic (exact) mass is 287 g/mol. The fourth-order valence-electron chi connectivity index (χ4n) is 2.08. The molecule has 2 unspecified atom stereocenters. The number of aliphatic hydroxyl groups is 2. The molecular formula is C13H21NO6. The smallest absolute Gasteiger partial charge is 0.331 e. The predicted octanol–water partition coefficient (Wildman–Crippen LogP) is -0.924. The Kier molecular flexibility index (Phi) is 7.21. The van der Waals surface area contributed by atoms with Gasteiger partial charge in [0.25, 0.3) is 0 Å². The molecule has 1 heterocycles. The lowest BCUT2D eigenvalue weighted by atomic mass is 10.0. The number of carbonyl (C=O) groups is 2. The highest BCUT2D eigenvalue weighted by Crippen LogP contribution is 2.16. The van der Waals surface area contributed by atoms with Crippen LogP contribution in [0, 0.1) is 0 Å². The molecule has 0 spiro atoms. The van der Waals surface area contributed by atoms with Gasteiger partial charge in [0.2, 0.25) is 0 Å². The van der Waals surface area contributed by atoms with Gasteiger partial charge in [0.05, 0.1) is 19.8 Å². The number of rotatable bonds is 6. The SMILES string of the molecule is COC(=O)/C=C/C(=O)OCCN1CCC(O)CC1CO. The lowest BCUT2D eigenvalue weighted by Crippen LogP contribution is -2.47. The van der Waals surface area contributed by atoms with Crippen LogP contribution in [0.15, 0.2) is 12.2 Å². The van der Waals surface area contributed by atoms with Gasteiger partial charge in [-0.3, -0.25) is 4.90 Å². The first-order chi connectivity index (χ1) is 9.56. The van der Waals surface area contributed by atoms with E-state index >= 15 is 0 Å². The van der Waals surface area contributed by atoms with E-state index in [4.69, 9.17) is 4.74 Å². The Balaban J connectivity index is 2.27. The Morgan fingerprint density at radius 3 is 2.70 bits per heavy atom. The number of ether oxygens (including phenoxy) is 2. The maximum Gasteiger partial charge on any atom is 0.331 e. The molecule has 7 nitrogen and oxygen atoms in total. The lowest BCUT2D eigenvalue weighted by Gasteiger charge is -2.36. The van der Waals surface area contributed by atoms with Crippen LogP contribution in [-0.2, 0) is 19.1 Å². The molecule has 0 aromatic rings. The first-order valence-corrected chi connectivity index (χ1v) is 6.52. The Hall–Kier alpha value is -1.44. The first-order valence-electron chi connectivity index (χ1n) is 6.52. The normalized spacial score (nSPS) is 23.8. The molecule has 1 aliphatic rings. The molecule has 1 aliphatic heterocycles. The zero-order valence-electron chi connectivity index (χ0n) is 11.5. The van der Waals surface area contributed by atoms with Crippen molar-refractivity contribution in [2.45, 2.75) is 25.0 Å². The van der Waals surface area contributed by atoms with Crippen molar-refractivity contribution in [1.29, 1.82) is 0 Å². The summed E-state index contributed by atoms with van der Waals surface area (Å²) in [6.45, 7) is 1.27. The van der Waals surface area contributed by atoms with Crippen LogP contribution in [0.3, 0.4) is 0 Å². The number of aliphatic hydroxyl groups excluding tert-OH is 2. The molecule has 1 fully saturated rings. The number of esters is 2. The fourth-order valence-corrected chi connectivity index (χ4v) is 2.08. The van der Waals surface area contributed by atoms with Crippen LogP contribution in [0.25, 0.3) is 0 Å². The average Bonchev–Trinajstić information content (AvgIpc) is 2.46. The molecule has 0 aliphatic carbocycles. The van der Waals surface area contributed by atoms with Gasteiger partial charge in [-0.25, -0.2) is 9.59 Å². The summed E-state index contributed by atoms with van der Waals surface area (Å²) in [7, 11) is 1.22. The van der Waals surface area contributed by atoms with E-state index in [0.717, 1.165) is 12.2 Å². The zero-order valence-corrected chi connectivity index (χ0v) is 11.5. The molecule has 20 heavy (non-hydrogen) atoms. The molecule has 2 atom stereocenters. The maximum absolute atomic E-state index is 11.3. The van der Waals surface area contributed by atoms with Crippen molar-refractivity contribution in [2.75, 3.05) is 33.4 Å². The predicted molar refractivity (Wildman–Crippen MR) is 69.8 cm³/mol. The quantitative estimate of drug-likeness (QED) is 0.481. The Morgan fingerprint density at radius 2 is 2.05 bits per heavy atom. The number of carbonyl (C=O) groups excluding carboxylic acids is 2. The average molecular weight is 287 g/mol. The van der Waals surface area contributed by atoms with Crippen molar-refractivity contribution < 1.29 is 29.3 Å². The van der Waals surface area contributed by atoms with Gasteiger partial charge in [-0.15, -0.1) is 0 Å². The molecule has 2 N–H and O–H groups in total. The third kappa shape index (κ3) is 5.68. The van der Waals surface area contributed by atoms with E-state index < -0.39 is 11.9 Å². The van der Waals surface area contributed by atoms with Crippen molar-refractivity contribution in [1.82, 2.24) is 4.90 Å². The molecule has 0 aromatic carbocycles. The molecule has 114 valence electrons. The van der Waals surface area contributed by atoms with E-state index in [1.54, 1.807) is 0 Å². The second-order valence-electron chi connectivity index (χ2n) is 4.57. The van der Waals surface area contributed by atoms with Crippen LogP contribution in [0.4, 0.5) is 0 Å². The maximum atomic E-state index is 11.3. The Bertz CT molecular complexity index is 357. The van der Waals surface area contributed by atoms with E-state index in [9.17, 15) is 19.8 Å². The third-order valence-electron chi connectivity index (χ3n) is 3.20. The molecule has 0 radical (unpaired) electrons. The van der Waals surface area contributed by atoms with Gasteiger partial charge in [0, 0.05) is 31.3 Å². The van der Waals surface area contributed by atoms with Gasteiger partial charge in [0.1, 0.15) is 6.61 Å². The van der Waals surface area contributed by atoms with E-state index in [2.05, 4.69) is 4.74 Å². The molecule has 1 rings (SSSR count). The van der Waals surface area contributed by atoms with E-state index in [1.165, 1.54) is 7.11 Å². The van der Waals surface area contributed by atoms with Crippen LogP contribution in [0.1, 0.15) is 12.8 Å². The van der Waals surface area contributed by atoms with Crippen LogP contribution in [0.5, 0.6) is 0 Å². The standard InChI is InChI=1S/C13H21NO6/c1-19-12(17)2-3-13(18)20-7-6-14-5-4-11(16)8-10(14)9-15/h2-3,10-11,15-16H,4-9H2,1H3/b3-2+. The highest BCUT2D eigenvalue weighted by molar-refractivity contribution is 5.91. The molecule has 0 saturated carbocycles. The van der Waals surface area contributed by atoms with Gasteiger partial charge >= 0.3 is 11.9 Å². The third-order valence-corrected chi connectivity index (χ3v) is 3.20. The van der Waals surface area contributed by atoms with Gasteiger partial charge in [-0.05, 0) is 12.8 Å².